The lowest BCUT2D eigenvalue weighted by atomic mass is 10.1. The van der Waals surface area contributed by atoms with Gasteiger partial charge in [-0.15, -0.1) is 0 Å². The molecule has 0 aliphatic heterocycles. The van der Waals surface area contributed by atoms with Gasteiger partial charge >= 0.3 is 0 Å². The predicted octanol–water partition coefficient (Wildman–Crippen LogP) is 2.34. The Labute approximate surface area is 91.0 Å². The van der Waals surface area contributed by atoms with Crippen molar-refractivity contribution in [1.29, 1.82) is 0 Å². The van der Waals surface area contributed by atoms with E-state index in [-0.39, 0.29) is 17.9 Å². The molecular formula is C10H10FNO4. The second kappa shape index (κ2) is 4.69. The number of benzene rings is 1. The van der Waals surface area contributed by atoms with E-state index in [2.05, 4.69) is 0 Å². The molecule has 0 spiro atoms. The Morgan fingerprint density at radius 1 is 1.56 bits per heavy atom. The molecule has 0 saturated carbocycles. The van der Waals surface area contributed by atoms with Gasteiger partial charge in [0.1, 0.15) is 0 Å². The van der Waals surface area contributed by atoms with Gasteiger partial charge in [-0.2, -0.15) is 0 Å². The second-order valence-corrected chi connectivity index (χ2v) is 3.05. The van der Waals surface area contributed by atoms with Gasteiger partial charge in [-0.3, -0.25) is 14.9 Å². The minimum Gasteiger partial charge on any atom is -0.491 e. The number of ketones is 1. The Hall–Kier alpha value is -1.98. The molecule has 0 bridgehead atoms. The van der Waals surface area contributed by atoms with Gasteiger partial charge in [0.25, 0.3) is 5.69 Å². The summed E-state index contributed by atoms with van der Waals surface area (Å²) >= 11 is 0. The maximum absolute atomic E-state index is 13.3. The molecule has 1 aromatic rings. The van der Waals surface area contributed by atoms with Crippen molar-refractivity contribution in [3.63, 3.8) is 0 Å². The van der Waals surface area contributed by atoms with E-state index >= 15 is 0 Å². The van der Waals surface area contributed by atoms with E-state index in [1.807, 2.05) is 0 Å². The van der Waals surface area contributed by atoms with E-state index in [0.29, 0.717) is 6.07 Å². The van der Waals surface area contributed by atoms with E-state index < -0.39 is 22.2 Å². The maximum Gasteiger partial charge on any atom is 0.283 e. The van der Waals surface area contributed by atoms with Crippen LogP contribution in [0.4, 0.5) is 10.1 Å². The van der Waals surface area contributed by atoms with Crippen molar-refractivity contribution in [3.8, 4) is 5.75 Å². The summed E-state index contributed by atoms with van der Waals surface area (Å²) < 4.78 is 18.2. The Morgan fingerprint density at radius 3 is 2.62 bits per heavy atom. The van der Waals surface area contributed by atoms with Gasteiger partial charge in [0.15, 0.2) is 17.3 Å². The lowest BCUT2D eigenvalue weighted by molar-refractivity contribution is -0.385. The number of Topliss-reactive ketones (excluding diaryl/α,β-unsaturated/α-hetero) is 1. The van der Waals surface area contributed by atoms with Crippen molar-refractivity contribution in [1.82, 2.24) is 0 Å². The van der Waals surface area contributed by atoms with Gasteiger partial charge in [0, 0.05) is 6.07 Å². The van der Waals surface area contributed by atoms with Crippen LogP contribution in [0.15, 0.2) is 12.1 Å². The fourth-order valence-corrected chi connectivity index (χ4v) is 1.24. The van der Waals surface area contributed by atoms with Crippen LogP contribution in [0.25, 0.3) is 0 Å². The molecule has 6 heteroatoms. The first-order valence-electron chi connectivity index (χ1n) is 4.59. The summed E-state index contributed by atoms with van der Waals surface area (Å²) in [5.74, 6) is -1.51. The number of halogens is 1. The van der Waals surface area contributed by atoms with Crippen LogP contribution in [0, 0.1) is 15.9 Å². The fraction of sp³-hybridized carbons (Fsp3) is 0.300. The van der Waals surface area contributed by atoms with Crippen molar-refractivity contribution in [3.05, 3.63) is 33.6 Å². The molecule has 0 amide bonds. The van der Waals surface area contributed by atoms with Crippen LogP contribution in [0.3, 0.4) is 0 Å². The first-order chi connectivity index (χ1) is 7.47. The minimum atomic E-state index is -0.849. The van der Waals surface area contributed by atoms with Crippen LogP contribution in [0.5, 0.6) is 5.75 Å². The van der Waals surface area contributed by atoms with E-state index in [9.17, 15) is 19.3 Å². The molecule has 0 fully saturated rings. The zero-order valence-corrected chi connectivity index (χ0v) is 8.82. The molecule has 1 aromatic carbocycles. The summed E-state index contributed by atoms with van der Waals surface area (Å²) in [4.78, 5) is 21.0. The van der Waals surface area contributed by atoms with E-state index in [1.165, 1.54) is 6.92 Å². The molecule has 0 aliphatic carbocycles. The third-order valence-corrected chi connectivity index (χ3v) is 1.93. The summed E-state index contributed by atoms with van der Waals surface area (Å²) in [6, 6.07) is 1.75. The molecule has 1 rings (SSSR count). The minimum absolute atomic E-state index is 0.154. The van der Waals surface area contributed by atoms with Crippen molar-refractivity contribution in [2.24, 2.45) is 0 Å². The van der Waals surface area contributed by atoms with Gasteiger partial charge < -0.3 is 4.74 Å². The largest absolute Gasteiger partial charge is 0.491 e. The molecule has 0 saturated heterocycles. The summed E-state index contributed by atoms with van der Waals surface area (Å²) in [5, 5.41) is 10.6. The van der Waals surface area contributed by atoms with Gasteiger partial charge in [-0.25, -0.2) is 4.39 Å². The molecule has 86 valence electrons. The number of rotatable bonds is 4. The normalized spacial score (nSPS) is 9.94. The molecule has 0 aliphatic rings. The number of ether oxygens (including phenoxy) is 1. The molecule has 5 nitrogen and oxygen atoms in total. The highest BCUT2D eigenvalue weighted by Crippen LogP contribution is 2.27. The zero-order valence-electron chi connectivity index (χ0n) is 8.82. The highest BCUT2D eigenvalue weighted by Gasteiger charge is 2.21. The lowest BCUT2D eigenvalue weighted by Crippen LogP contribution is -2.03. The standard InChI is InChI=1S/C10H10FNO4/c1-3-16-10-4-7(6(2)13)9(12(14)15)5-8(10)11/h4-5H,3H2,1-2H3. The first-order valence-corrected chi connectivity index (χ1v) is 4.59. The molecule has 0 aromatic heterocycles. The number of hydrogen-bond donors (Lipinski definition) is 0. The topological polar surface area (TPSA) is 69.4 Å². The molecule has 0 atom stereocenters. The van der Waals surface area contributed by atoms with Crippen molar-refractivity contribution < 1.29 is 18.8 Å². The third kappa shape index (κ3) is 2.33. The Balaban J connectivity index is 3.37. The number of nitro groups is 1. The van der Waals surface area contributed by atoms with Gasteiger partial charge in [0.2, 0.25) is 0 Å². The SMILES string of the molecule is CCOc1cc(C(C)=O)c([N+](=O)[O-])cc1F. The zero-order chi connectivity index (χ0) is 12.3. The van der Waals surface area contributed by atoms with E-state index in [4.69, 9.17) is 4.74 Å². The van der Waals surface area contributed by atoms with Crippen LogP contribution in [0.1, 0.15) is 24.2 Å². The molecule has 0 unspecified atom stereocenters. The second-order valence-electron chi connectivity index (χ2n) is 3.05. The average molecular weight is 227 g/mol. The summed E-state index contributed by atoms with van der Waals surface area (Å²) in [6.07, 6.45) is 0. The fourth-order valence-electron chi connectivity index (χ4n) is 1.24. The third-order valence-electron chi connectivity index (χ3n) is 1.93. The number of carbonyl (C=O) groups is 1. The predicted molar refractivity (Wildman–Crippen MR) is 54.2 cm³/mol. The number of nitrogens with zero attached hydrogens (tertiary/aromatic N) is 1. The van der Waals surface area contributed by atoms with E-state index in [0.717, 1.165) is 6.07 Å². The average Bonchev–Trinajstić information content (AvgIpc) is 2.20. The quantitative estimate of drug-likeness (QED) is 0.449. The lowest BCUT2D eigenvalue weighted by Gasteiger charge is -2.06. The molecule has 0 N–H and O–H groups in total. The Bertz CT molecular complexity index is 445. The van der Waals surface area contributed by atoms with Gasteiger partial charge in [-0.05, 0) is 13.8 Å². The monoisotopic (exact) mass is 227 g/mol. The molecule has 0 heterocycles. The van der Waals surface area contributed by atoms with Crippen molar-refractivity contribution >= 4 is 11.5 Å². The summed E-state index contributed by atoms with van der Waals surface area (Å²) in [6.45, 7) is 3.04. The molecular weight excluding hydrogens is 217 g/mol. The first kappa shape index (κ1) is 12.1. The summed E-state index contributed by atoms with van der Waals surface area (Å²) in [7, 11) is 0. The van der Waals surface area contributed by atoms with Crippen LogP contribution in [0.2, 0.25) is 0 Å². The smallest absolute Gasteiger partial charge is 0.283 e. The van der Waals surface area contributed by atoms with Crippen LogP contribution < -0.4 is 4.74 Å². The Kier molecular flexibility index (Phi) is 3.55. The van der Waals surface area contributed by atoms with Crippen LogP contribution in [-0.2, 0) is 0 Å². The van der Waals surface area contributed by atoms with Crippen molar-refractivity contribution in [2.45, 2.75) is 13.8 Å². The summed E-state index contributed by atoms with van der Waals surface area (Å²) in [5.41, 5.74) is -0.705. The van der Waals surface area contributed by atoms with Gasteiger partial charge in [0.05, 0.1) is 23.2 Å². The van der Waals surface area contributed by atoms with E-state index in [1.54, 1.807) is 6.92 Å². The van der Waals surface area contributed by atoms with Crippen LogP contribution >= 0.6 is 0 Å². The molecule has 0 radical (unpaired) electrons. The number of nitro benzene ring substituents is 1. The Morgan fingerprint density at radius 2 is 2.19 bits per heavy atom. The maximum atomic E-state index is 13.3. The highest BCUT2D eigenvalue weighted by atomic mass is 19.1. The number of hydrogen-bond acceptors (Lipinski definition) is 4. The van der Waals surface area contributed by atoms with Crippen LogP contribution in [-0.4, -0.2) is 17.3 Å². The highest BCUT2D eigenvalue weighted by molar-refractivity contribution is 5.98. The van der Waals surface area contributed by atoms with Gasteiger partial charge in [-0.1, -0.05) is 0 Å². The molecule has 16 heavy (non-hydrogen) atoms. The van der Waals surface area contributed by atoms with Crippen molar-refractivity contribution in [2.75, 3.05) is 6.61 Å². The number of carbonyl (C=O) groups excluding carboxylic acids is 1.